The maximum atomic E-state index is 6.57. The highest BCUT2D eigenvalue weighted by molar-refractivity contribution is 6.10. The van der Waals surface area contributed by atoms with Crippen molar-refractivity contribution in [1.82, 2.24) is 0 Å². The Morgan fingerprint density at radius 2 is 0.810 bits per heavy atom. The third kappa shape index (κ3) is 6.38. The highest BCUT2D eigenvalue weighted by atomic mass is 16.3. The van der Waals surface area contributed by atoms with E-state index in [1.165, 1.54) is 27.8 Å². The van der Waals surface area contributed by atoms with Gasteiger partial charge in [0.05, 0.1) is 5.69 Å². The van der Waals surface area contributed by atoms with Crippen LogP contribution in [0.1, 0.15) is 0 Å². The molecule has 0 unspecified atom stereocenters. The van der Waals surface area contributed by atoms with Crippen LogP contribution in [0.25, 0.3) is 99.5 Å². The predicted molar refractivity (Wildman–Crippen MR) is 263 cm³/mol. The van der Waals surface area contributed by atoms with Gasteiger partial charge in [0, 0.05) is 50.1 Å². The molecule has 10 aromatic carbocycles. The zero-order valence-corrected chi connectivity index (χ0v) is 34.3. The zero-order valence-electron chi connectivity index (χ0n) is 34.3. The van der Waals surface area contributed by atoms with Gasteiger partial charge in [0.1, 0.15) is 22.3 Å². The van der Waals surface area contributed by atoms with Crippen LogP contribution in [0.5, 0.6) is 0 Å². The van der Waals surface area contributed by atoms with Crippen molar-refractivity contribution >= 4 is 60.9 Å². The van der Waals surface area contributed by atoms with Gasteiger partial charge >= 0.3 is 0 Å². The minimum atomic E-state index is 0.838. The summed E-state index contributed by atoms with van der Waals surface area (Å²) in [5.74, 6) is 0. The Morgan fingerprint density at radius 1 is 0.254 bits per heavy atom. The molecule has 3 nitrogen and oxygen atoms in total. The Bertz CT molecular complexity index is 3640. The van der Waals surface area contributed by atoms with E-state index in [0.717, 1.165) is 88.8 Å². The third-order valence-electron chi connectivity index (χ3n) is 12.3. The molecule has 0 spiro atoms. The van der Waals surface area contributed by atoms with E-state index in [0.29, 0.717) is 0 Å². The molecule has 2 aromatic heterocycles. The van der Waals surface area contributed by atoms with E-state index < -0.39 is 0 Å². The fourth-order valence-corrected chi connectivity index (χ4v) is 9.36. The molecule has 0 N–H and O–H groups in total. The number of hydrogen-bond acceptors (Lipinski definition) is 3. The summed E-state index contributed by atoms with van der Waals surface area (Å²) in [5.41, 5.74) is 17.9. The second kappa shape index (κ2) is 15.3. The van der Waals surface area contributed by atoms with Crippen molar-refractivity contribution in [1.29, 1.82) is 0 Å². The number of furan rings is 2. The van der Waals surface area contributed by atoms with Crippen molar-refractivity contribution in [3.63, 3.8) is 0 Å². The minimum Gasteiger partial charge on any atom is -0.456 e. The molecule has 0 fully saturated rings. The lowest BCUT2D eigenvalue weighted by molar-refractivity contribution is 0.669. The molecule has 0 saturated carbocycles. The fourth-order valence-electron chi connectivity index (χ4n) is 9.36. The summed E-state index contributed by atoms with van der Waals surface area (Å²) in [7, 11) is 0. The van der Waals surface area contributed by atoms with Gasteiger partial charge in [0.25, 0.3) is 0 Å². The molecule has 0 aliphatic carbocycles. The van der Waals surface area contributed by atoms with Gasteiger partial charge in [-0.2, -0.15) is 0 Å². The average Bonchev–Trinajstić information content (AvgIpc) is 3.93. The van der Waals surface area contributed by atoms with Crippen molar-refractivity contribution < 1.29 is 8.83 Å². The summed E-state index contributed by atoms with van der Waals surface area (Å²) in [5, 5.41) is 4.41. The van der Waals surface area contributed by atoms with Gasteiger partial charge in [-0.15, -0.1) is 0 Å². The van der Waals surface area contributed by atoms with Gasteiger partial charge in [0.2, 0.25) is 0 Å². The number of benzene rings is 10. The molecule has 0 radical (unpaired) electrons. The topological polar surface area (TPSA) is 29.5 Å². The first-order valence-corrected chi connectivity index (χ1v) is 21.4. The first-order chi connectivity index (χ1) is 31.2. The molecule has 0 saturated heterocycles. The zero-order chi connectivity index (χ0) is 41.7. The van der Waals surface area contributed by atoms with Crippen LogP contribution in [0.3, 0.4) is 0 Å². The molecule has 0 bridgehead atoms. The smallest absolute Gasteiger partial charge is 0.143 e. The lowest BCUT2D eigenvalue weighted by atomic mass is 9.87. The van der Waals surface area contributed by atoms with Crippen molar-refractivity contribution in [2.24, 2.45) is 0 Å². The monoisotopic (exact) mass is 805 g/mol. The van der Waals surface area contributed by atoms with Crippen molar-refractivity contribution in [2.75, 3.05) is 4.90 Å². The largest absolute Gasteiger partial charge is 0.456 e. The minimum absolute atomic E-state index is 0.838. The SMILES string of the molecule is c1ccc(-c2ccc(-c3ccccc3)c(-c3ccccc3-c3ccccc3N(c3cccc(-c4cccc5c4oc4ccccc45)c3)c3ccc4c(c3)oc3ccccc34)c2)cc1. The number of anilines is 3. The molecule has 2 heterocycles. The second-order valence-electron chi connectivity index (χ2n) is 16.0. The Hall–Kier alpha value is -8.40. The number of rotatable bonds is 8. The van der Waals surface area contributed by atoms with Gasteiger partial charge in [-0.1, -0.05) is 182 Å². The van der Waals surface area contributed by atoms with E-state index in [1.54, 1.807) is 0 Å². The van der Waals surface area contributed by atoms with Crippen molar-refractivity contribution in [3.05, 3.63) is 237 Å². The van der Waals surface area contributed by atoms with E-state index in [9.17, 15) is 0 Å². The first kappa shape index (κ1) is 36.5. The number of hydrogen-bond donors (Lipinski definition) is 0. The summed E-state index contributed by atoms with van der Waals surface area (Å²) in [6, 6.07) is 84.2. The average molecular weight is 806 g/mol. The highest BCUT2D eigenvalue weighted by Gasteiger charge is 2.23. The van der Waals surface area contributed by atoms with Gasteiger partial charge in [-0.05, 0) is 93.0 Å². The Balaban J connectivity index is 1.08. The fraction of sp³-hybridized carbons (Fsp3) is 0. The number of nitrogens with zero attached hydrogens (tertiary/aromatic N) is 1. The van der Waals surface area contributed by atoms with Crippen LogP contribution >= 0.6 is 0 Å². The molecule has 0 amide bonds. The van der Waals surface area contributed by atoms with Gasteiger partial charge < -0.3 is 13.7 Å². The normalized spacial score (nSPS) is 11.5. The first-order valence-electron chi connectivity index (χ1n) is 21.4. The standard InChI is InChI=1S/C60H39NO2/c1-3-17-40(18-4-1)42-33-35-46(41-19-5-2-6-20-41)55(38-42)49-24-8-7-23-48(49)50-25-9-12-30-56(50)61(45-34-36-53-51-26-10-13-31-57(51)62-59(53)39-45)44-22-15-21-43(37-44)47-28-16-29-54-52-27-11-14-32-58(52)63-60(47)54/h1-39H. The van der Waals surface area contributed by atoms with Crippen molar-refractivity contribution in [2.45, 2.75) is 0 Å². The Morgan fingerprint density at radius 3 is 1.60 bits per heavy atom. The van der Waals surface area contributed by atoms with E-state index in [1.807, 2.05) is 24.3 Å². The summed E-state index contributed by atoms with van der Waals surface area (Å²) < 4.78 is 13.1. The summed E-state index contributed by atoms with van der Waals surface area (Å²) in [6.45, 7) is 0. The lowest BCUT2D eigenvalue weighted by Crippen LogP contribution is -2.11. The van der Waals surface area contributed by atoms with Crippen molar-refractivity contribution in [3.8, 4) is 55.6 Å². The van der Waals surface area contributed by atoms with Crippen LogP contribution in [0.15, 0.2) is 245 Å². The van der Waals surface area contributed by atoms with E-state index in [4.69, 9.17) is 8.83 Å². The lowest BCUT2D eigenvalue weighted by Gasteiger charge is -2.29. The third-order valence-corrected chi connectivity index (χ3v) is 12.3. The van der Waals surface area contributed by atoms with Gasteiger partial charge in [0.15, 0.2) is 0 Å². The van der Waals surface area contributed by atoms with Crippen LogP contribution in [-0.2, 0) is 0 Å². The molecule has 0 atom stereocenters. The number of para-hydroxylation sites is 4. The molecule has 296 valence electrons. The van der Waals surface area contributed by atoms with Crippen LogP contribution in [-0.4, -0.2) is 0 Å². The number of fused-ring (bicyclic) bond motifs is 6. The summed E-state index contributed by atoms with van der Waals surface area (Å²) in [4.78, 5) is 2.37. The van der Waals surface area contributed by atoms with E-state index in [2.05, 4.69) is 217 Å². The van der Waals surface area contributed by atoms with Crippen LogP contribution in [0.2, 0.25) is 0 Å². The highest BCUT2D eigenvalue weighted by Crippen LogP contribution is 2.48. The second-order valence-corrected chi connectivity index (χ2v) is 16.0. The van der Waals surface area contributed by atoms with Gasteiger partial charge in [-0.3, -0.25) is 0 Å². The molecule has 12 aromatic rings. The van der Waals surface area contributed by atoms with Crippen LogP contribution in [0.4, 0.5) is 17.1 Å². The maximum Gasteiger partial charge on any atom is 0.143 e. The molecular formula is C60H39NO2. The Kier molecular flexibility index (Phi) is 8.83. The Labute approximate surface area is 365 Å². The predicted octanol–water partition coefficient (Wildman–Crippen LogP) is 17.3. The molecular weight excluding hydrogens is 767 g/mol. The quantitative estimate of drug-likeness (QED) is 0.153. The summed E-state index contributed by atoms with van der Waals surface area (Å²) >= 11 is 0. The molecule has 0 aliphatic heterocycles. The molecule has 12 rings (SSSR count). The van der Waals surface area contributed by atoms with E-state index in [-0.39, 0.29) is 0 Å². The van der Waals surface area contributed by atoms with E-state index >= 15 is 0 Å². The van der Waals surface area contributed by atoms with Crippen LogP contribution in [0, 0.1) is 0 Å². The molecule has 63 heavy (non-hydrogen) atoms. The van der Waals surface area contributed by atoms with Gasteiger partial charge in [-0.25, -0.2) is 0 Å². The molecule has 0 aliphatic rings. The maximum absolute atomic E-state index is 6.57. The molecule has 3 heteroatoms. The summed E-state index contributed by atoms with van der Waals surface area (Å²) in [6.07, 6.45) is 0. The van der Waals surface area contributed by atoms with Crippen LogP contribution < -0.4 is 4.90 Å².